The van der Waals surface area contributed by atoms with E-state index in [0.29, 0.717) is 16.8 Å². The van der Waals surface area contributed by atoms with Gasteiger partial charge >= 0.3 is 5.97 Å². The van der Waals surface area contributed by atoms with E-state index < -0.39 is 33.5 Å². The highest BCUT2D eigenvalue weighted by Crippen LogP contribution is 2.36. The zero-order valence-corrected chi connectivity index (χ0v) is 14.0. The number of carbonyl (C=O) groups is 1. The summed E-state index contributed by atoms with van der Waals surface area (Å²) in [5.41, 5.74) is -0.186. The van der Waals surface area contributed by atoms with Crippen molar-refractivity contribution in [1.29, 1.82) is 0 Å². The largest absolute Gasteiger partial charge is 0.506 e. The Labute approximate surface area is 147 Å². The SMILES string of the molecule is CC1(Cl)C=Cc2c(c(O)c(C(=O)O)c(=O)n2Cc2ccc(F)cc2)C1. The van der Waals surface area contributed by atoms with Crippen molar-refractivity contribution >= 4 is 23.6 Å². The molecule has 0 aliphatic heterocycles. The molecule has 0 saturated heterocycles. The predicted octanol–water partition coefficient (Wildman–Crippen LogP) is 3.01. The molecular formula is C18H15ClFNO4. The van der Waals surface area contributed by atoms with Gasteiger partial charge in [0.15, 0.2) is 5.56 Å². The van der Waals surface area contributed by atoms with E-state index in [9.17, 15) is 24.2 Å². The first-order chi connectivity index (χ1) is 11.7. The van der Waals surface area contributed by atoms with Gasteiger partial charge in [-0.05, 0) is 30.7 Å². The molecule has 1 unspecified atom stereocenters. The van der Waals surface area contributed by atoms with E-state index in [1.807, 2.05) is 0 Å². The summed E-state index contributed by atoms with van der Waals surface area (Å²) in [5.74, 6) is -2.48. The number of halogens is 2. The molecule has 1 aromatic heterocycles. The number of fused-ring (bicyclic) bond motifs is 1. The van der Waals surface area contributed by atoms with Crippen LogP contribution < -0.4 is 5.56 Å². The Morgan fingerprint density at radius 3 is 2.60 bits per heavy atom. The van der Waals surface area contributed by atoms with Crippen LogP contribution in [0.5, 0.6) is 5.75 Å². The van der Waals surface area contributed by atoms with Gasteiger partial charge in [0.05, 0.1) is 17.1 Å². The smallest absolute Gasteiger partial charge is 0.345 e. The molecule has 0 bridgehead atoms. The number of carboxylic acids is 1. The fourth-order valence-corrected chi connectivity index (χ4v) is 3.12. The van der Waals surface area contributed by atoms with Crippen LogP contribution in [0.3, 0.4) is 0 Å². The first-order valence-electron chi connectivity index (χ1n) is 7.54. The molecule has 0 radical (unpaired) electrons. The number of carboxylic acid groups (broad SMARTS) is 1. The number of hydrogen-bond acceptors (Lipinski definition) is 3. The quantitative estimate of drug-likeness (QED) is 0.821. The lowest BCUT2D eigenvalue weighted by molar-refractivity contribution is 0.0690. The van der Waals surface area contributed by atoms with Gasteiger partial charge in [0.25, 0.3) is 5.56 Å². The van der Waals surface area contributed by atoms with Crippen LogP contribution in [0.2, 0.25) is 0 Å². The maximum Gasteiger partial charge on any atom is 0.345 e. The van der Waals surface area contributed by atoms with Crippen molar-refractivity contribution in [3.05, 3.63) is 68.9 Å². The predicted molar refractivity (Wildman–Crippen MR) is 91.8 cm³/mol. The van der Waals surface area contributed by atoms with Gasteiger partial charge in [0.1, 0.15) is 11.6 Å². The van der Waals surface area contributed by atoms with Gasteiger partial charge < -0.3 is 14.8 Å². The third-order valence-corrected chi connectivity index (χ3v) is 4.42. The number of hydrogen-bond donors (Lipinski definition) is 2. The van der Waals surface area contributed by atoms with Crippen LogP contribution in [0.25, 0.3) is 6.08 Å². The normalized spacial score (nSPS) is 18.8. The number of alkyl halides is 1. The van der Waals surface area contributed by atoms with Crippen LogP contribution in [0, 0.1) is 5.82 Å². The Hall–Kier alpha value is -2.60. The van der Waals surface area contributed by atoms with E-state index in [1.54, 1.807) is 19.1 Å². The zero-order chi connectivity index (χ0) is 18.4. The van der Waals surface area contributed by atoms with E-state index in [4.69, 9.17) is 11.6 Å². The third kappa shape index (κ3) is 3.17. The summed E-state index contributed by atoms with van der Waals surface area (Å²) in [7, 11) is 0. The van der Waals surface area contributed by atoms with Crippen LogP contribution in [-0.4, -0.2) is 25.6 Å². The van der Waals surface area contributed by atoms with Crippen molar-refractivity contribution in [3.63, 3.8) is 0 Å². The second-order valence-electron chi connectivity index (χ2n) is 6.20. The monoisotopic (exact) mass is 363 g/mol. The van der Waals surface area contributed by atoms with Crippen molar-refractivity contribution in [2.75, 3.05) is 0 Å². The number of allylic oxidation sites excluding steroid dienone is 1. The van der Waals surface area contributed by atoms with Gasteiger partial charge in [-0.15, -0.1) is 11.6 Å². The maximum absolute atomic E-state index is 13.1. The van der Waals surface area contributed by atoms with Crippen molar-refractivity contribution in [3.8, 4) is 5.75 Å². The average molecular weight is 364 g/mol. The molecule has 5 nitrogen and oxygen atoms in total. The summed E-state index contributed by atoms with van der Waals surface area (Å²) in [6, 6.07) is 5.55. The van der Waals surface area contributed by atoms with E-state index >= 15 is 0 Å². The standard InChI is InChI=1S/C18H15ClFNO4/c1-18(19)7-6-13-12(8-18)15(22)14(17(24)25)16(23)21(13)9-10-2-4-11(20)5-3-10/h2-7,22H,8-9H2,1H3,(H,24,25). The average Bonchev–Trinajstić information content (AvgIpc) is 2.52. The maximum atomic E-state index is 13.1. The second kappa shape index (κ2) is 6.04. The fraction of sp³-hybridized carbons (Fsp3) is 0.222. The molecule has 25 heavy (non-hydrogen) atoms. The van der Waals surface area contributed by atoms with E-state index in [0.717, 1.165) is 0 Å². The molecule has 3 rings (SSSR count). The van der Waals surface area contributed by atoms with Crippen molar-refractivity contribution in [2.24, 2.45) is 0 Å². The minimum atomic E-state index is -1.51. The van der Waals surface area contributed by atoms with E-state index in [1.165, 1.54) is 28.8 Å². The van der Waals surface area contributed by atoms with E-state index in [2.05, 4.69) is 0 Å². The summed E-state index contributed by atoms with van der Waals surface area (Å²) in [6.07, 6.45) is 3.47. The molecule has 0 spiro atoms. The van der Waals surface area contributed by atoms with Crippen molar-refractivity contribution in [2.45, 2.75) is 24.8 Å². The first-order valence-corrected chi connectivity index (χ1v) is 7.92. The number of benzene rings is 1. The number of aromatic nitrogens is 1. The van der Waals surface area contributed by atoms with Gasteiger partial charge in [0.2, 0.25) is 0 Å². The topological polar surface area (TPSA) is 79.5 Å². The highest BCUT2D eigenvalue weighted by molar-refractivity contribution is 6.25. The molecule has 1 atom stereocenters. The molecule has 1 heterocycles. The molecule has 130 valence electrons. The van der Waals surface area contributed by atoms with Crippen LogP contribution in [-0.2, 0) is 13.0 Å². The number of aromatic hydroxyl groups is 1. The Morgan fingerprint density at radius 1 is 1.36 bits per heavy atom. The van der Waals surface area contributed by atoms with Crippen molar-refractivity contribution in [1.82, 2.24) is 4.57 Å². The summed E-state index contributed by atoms with van der Waals surface area (Å²) in [5, 5.41) is 19.6. The zero-order valence-electron chi connectivity index (χ0n) is 13.3. The highest BCUT2D eigenvalue weighted by atomic mass is 35.5. The fourth-order valence-electron chi connectivity index (χ4n) is 2.93. The molecule has 1 aliphatic rings. The van der Waals surface area contributed by atoms with Gasteiger partial charge in [0, 0.05) is 12.0 Å². The Morgan fingerprint density at radius 2 is 2.00 bits per heavy atom. The molecular weight excluding hydrogens is 349 g/mol. The second-order valence-corrected chi connectivity index (χ2v) is 7.06. The summed E-state index contributed by atoms with van der Waals surface area (Å²) in [4.78, 5) is 23.3. The summed E-state index contributed by atoms with van der Waals surface area (Å²) >= 11 is 6.30. The number of nitrogens with zero attached hydrogens (tertiary/aromatic N) is 1. The van der Waals surface area contributed by atoms with Crippen LogP contribution in [0.4, 0.5) is 4.39 Å². The van der Waals surface area contributed by atoms with Gasteiger partial charge in [-0.25, -0.2) is 9.18 Å². The molecule has 1 aliphatic carbocycles. The Kier molecular flexibility index (Phi) is 4.16. The molecule has 7 heteroatoms. The lowest BCUT2D eigenvalue weighted by atomic mass is 9.90. The molecule has 0 fully saturated rings. The lowest BCUT2D eigenvalue weighted by Gasteiger charge is -2.27. The Balaban J connectivity index is 2.23. The number of rotatable bonds is 3. The minimum absolute atomic E-state index is 0.0470. The van der Waals surface area contributed by atoms with E-state index in [-0.39, 0.29) is 13.0 Å². The first kappa shape index (κ1) is 17.2. The van der Waals surface area contributed by atoms with Gasteiger partial charge in [-0.3, -0.25) is 4.79 Å². The molecule has 2 N–H and O–H groups in total. The van der Waals surface area contributed by atoms with Crippen molar-refractivity contribution < 1.29 is 19.4 Å². The van der Waals surface area contributed by atoms with Crippen LogP contribution in [0.15, 0.2) is 35.1 Å². The lowest BCUT2D eigenvalue weighted by Crippen LogP contribution is -2.33. The molecule has 2 aromatic rings. The number of pyridine rings is 1. The molecule has 0 amide bonds. The highest BCUT2D eigenvalue weighted by Gasteiger charge is 2.31. The molecule has 1 aromatic carbocycles. The Bertz CT molecular complexity index is 945. The van der Waals surface area contributed by atoms with Gasteiger partial charge in [-0.2, -0.15) is 0 Å². The minimum Gasteiger partial charge on any atom is -0.506 e. The van der Waals surface area contributed by atoms with Crippen LogP contribution >= 0.6 is 11.6 Å². The molecule has 0 saturated carbocycles. The third-order valence-electron chi connectivity index (χ3n) is 4.16. The summed E-state index contributed by atoms with van der Waals surface area (Å²) in [6.45, 7) is 1.77. The van der Waals surface area contributed by atoms with Crippen LogP contribution in [0.1, 0.15) is 34.1 Å². The van der Waals surface area contributed by atoms with Gasteiger partial charge in [-0.1, -0.05) is 18.2 Å². The summed E-state index contributed by atoms with van der Waals surface area (Å²) < 4.78 is 14.3. The number of aromatic carboxylic acids is 1.